The molecule has 0 bridgehead atoms. The van der Waals surface area contributed by atoms with Crippen LogP contribution in [-0.2, 0) is 6.42 Å². The average Bonchev–Trinajstić information content (AvgIpc) is 2.95. The van der Waals surface area contributed by atoms with E-state index in [4.69, 9.17) is 4.74 Å². The first kappa shape index (κ1) is 13.0. The summed E-state index contributed by atoms with van der Waals surface area (Å²) in [4.78, 5) is 0. The predicted octanol–water partition coefficient (Wildman–Crippen LogP) is 3.85. The maximum atomic E-state index is 5.81. The van der Waals surface area contributed by atoms with Gasteiger partial charge in [-0.3, -0.25) is 0 Å². The zero-order valence-electron chi connectivity index (χ0n) is 12.3. The van der Waals surface area contributed by atoms with E-state index in [1.807, 2.05) is 0 Å². The van der Waals surface area contributed by atoms with Crippen LogP contribution in [0.25, 0.3) is 0 Å². The van der Waals surface area contributed by atoms with E-state index in [-0.39, 0.29) is 0 Å². The van der Waals surface area contributed by atoms with Gasteiger partial charge < -0.3 is 10.1 Å². The minimum absolute atomic E-state index is 0.334. The first-order chi connectivity index (χ1) is 9.12. The van der Waals surface area contributed by atoms with Gasteiger partial charge in [0.1, 0.15) is 11.9 Å². The van der Waals surface area contributed by atoms with Crippen LogP contribution in [0.5, 0.6) is 5.75 Å². The van der Waals surface area contributed by atoms with Crippen LogP contribution in [-0.4, -0.2) is 13.2 Å². The normalized spacial score (nSPS) is 25.9. The van der Waals surface area contributed by atoms with Crippen LogP contribution >= 0.6 is 0 Å². The van der Waals surface area contributed by atoms with Crippen molar-refractivity contribution in [3.05, 3.63) is 29.3 Å². The van der Waals surface area contributed by atoms with Crippen molar-refractivity contribution < 1.29 is 4.74 Å². The molecule has 0 radical (unpaired) electrons. The molecule has 1 aromatic carbocycles. The molecular formula is C17H25NO. The minimum atomic E-state index is 0.334. The van der Waals surface area contributed by atoms with E-state index in [1.165, 1.54) is 36.8 Å². The maximum absolute atomic E-state index is 5.81. The van der Waals surface area contributed by atoms with E-state index in [9.17, 15) is 0 Å². The summed E-state index contributed by atoms with van der Waals surface area (Å²) < 4.78 is 5.81. The molecule has 2 unspecified atom stereocenters. The number of benzene rings is 1. The minimum Gasteiger partial charge on any atom is -0.490 e. The second-order valence-electron chi connectivity index (χ2n) is 6.58. The topological polar surface area (TPSA) is 21.3 Å². The molecular weight excluding hydrogens is 234 g/mol. The van der Waals surface area contributed by atoms with E-state index in [2.05, 4.69) is 44.4 Å². The Morgan fingerprint density at radius 1 is 1.32 bits per heavy atom. The first-order valence-corrected chi connectivity index (χ1v) is 7.59. The van der Waals surface area contributed by atoms with Gasteiger partial charge in [-0.2, -0.15) is 0 Å². The van der Waals surface area contributed by atoms with Crippen LogP contribution in [0.4, 0.5) is 0 Å². The van der Waals surface area contributed by atoms with Gasteiger partial charge in [0.2, 0.25) is 0 Å². The Morgan fingerprint density at radius 3 is 2.74 bits per heavy atom. The molecule has 0 amide bonds. The maximum Gasteiger partial charge on any atom is 0.123 e. The molecule has 1 aliphatic heterocycles. The van der Waals surface area contributed by atoms with Crippen molar-refractivity contribution in [2.45, 2.75) is 58.1 Å². The van der Waals surface area contributed by atoms with Gasteiger partial charge in [-0.25, -0.2) is 0 Å². The summed E-state index contributed by atoms with van der Waals surface area (Å²) in [5.74, 6) is 1.09. The van der Waals surface area contributed by atoms with Gasteiger partial charge in [-0.15, -0.1) is 0 Å². The highest BCUT2D eigenvalue weighted by atomic mass is 16.5. The molecule has 1 aromatic rings. The third kappa shape index (κ3) is 2.27. The van der Waals surface area contributed by atoms with Gasteiger partial charge in [-0.1, -0.05) is 31.9 Å². The number of hydrogen-bond donors (Lipinski definition) is 1. The van der Waals surface area contributed by atoms with Crippen molar-refractivity contribution in [2.24, 2.45) is 5.41 Å². The lowest BCUT2D eigenvalue weighted by molar-refractivity contribution is 0.233. The van der Waals surface area contributed by atoms with Crippen LogP contribution < -0.4 is 10.1 Å². The molecule has 1 N–H and O–H groups in total. The van der Waals surface area contributed by atoms with E-state index in [1.54, 1.807) is 0 Å². The predicted molar refractivity (Wildman–Crippen MR) is 78.6 cm³/mol. The zero-order valence-corrected chi connectivity index (χ0v) is 12.3. The van der Waals surface area contributed by atoms with Crippen LogP contribution in [0, 0.1) is 5.41 Å². The molecule has 2 nitrogen and oxygen atoms in total. The summed E-state index contributed by atoms with van der Waals surface area (Å²) in [7, 11) is 2.10. The molecule has 2 heteroatoms. The van der Waals surface area contributed by atoms with E-state index in [0.29, 0.717) is 17.6 Å². The number of rotatable bonds is 3. The smallest absolute Gasteiger partial charge is 0.123 e. The third-order valence-corrected chi connectivity index (χ3v) is 4.98. The lowest BCUT2D eigenvalue weighted by Gasteiger charge is -2.34. The summed E-state index contributed by atoms with van der Waals surface area (Å²) in [5.41, 5.74) is 3.23. The molecule has 1 aliphatic carbocycles. The molecule has 104 valence electrons. The van der Waals surface area contributed by atoms with E-state index in [0.717, 1.165) is 12.2 Å². The van der Waals surface area contributed by atoms with E-state index < -0.39 is 0 Å². The zero-order chi connectivity index (χ0) is 13.5. The summed E-state index contributed by atoms with van der Waals surface area (Å²) in [6, 6.07) is 7.25. The van der Waals surface area contributed by atoms with Crippen molar-refractivity contribution >= 4 is 0 Å². The van der Waals surface area contributed by atoms with Gasteiger partial charge in [0.05, 0.1) is 0 Å². The molecule has 19 heavy (non-hydrogen) atoms. The third-order valence-electron chi connectivity index (χ3n) is 4.98. The average molecular weight is 259 g/mol. The molecule has 1 fully saturated rings. The van der Waals surface area contributed by atoms with Gasteiger partial charge in [-0.05, 0) is 49.4 Å². The van der Waals surface area contributed by atoms with Crippen LogP contribution in [0.2, 0.25) is 0 Å². The number of nitrogens with one attached hydrogen (secondary N) is 1. The van der Waals surface area contributed by atoms with Crippen molar-refractivity contribution in [1.29, 1.82) is 0 Å². The molecule has 2 atom stereocenters. The summed E-state index contributed by atoms with van der Waals surface area (Å²) >= 11 is 0. The van der Waals surface area contributed by atoms with Crippen molar-refractivity contribution in [3.63, 3.8) is 0 Å². The molecule has 1 saturated carbocycles. The highest BCUT2D eigenvalue weighted by Crippen LogP contribution is 2.47. The molecule has 0 spiro atoms. The Labute approximate surface area is 116 Å². The fraction of sp³-hybridized carbons (Fsp3) is 0.647. The van der Waals surface area contributed by atoms with Crippen molar-refractivity contribution in [2.75, 3.05) is 7.05 Å². The van der Waals surface area contributed by atoms with E-state index >= 15 is 0 Å². The summed E-state index contributed by atoms with van der Waals surface area (Å²) in [5, 5.41) is 3.56. The number of ether oxygens (including phenoxy) is 1. The number of hydrogen-bond acceptors (Lipinski definition) is 2. The SMILES string of the molecule is CNC(c1ccc2c(c1)CC(C)O2)C1(C)CCCC1. The second-order valence-corrected chi connectivity index (χ2v) is 6.58. The van der Waals surface area contributed by atoms with Gasteiger partial charge in [0, 0.05) is 12.5 Å². The largest absolute Gasteiger partial charge is 0.490 e. The van der Waals surface area contributed by atoms with Crippen molar-refractivity contribution in [1.82, 2.24) is 5.32 Å². The lowest BCUT2D eigenvalue weighted by atomic mass is 9.77. The summed E-state index contributed by atoms with van der Waals surface area (Å²) in [6.07, 6.45) is 6.81. The Kier molecular flexibility index (Phi) is 3.30. The standard InChI is InChI=1S/C17H25NO/c1-12-10-14-11-13(6-7-15(14)19-12)16(18-3)17(2)8-4-5-9-17/h6-7,11-12,16,18H,4-5,8-10H2,1-3H3. The monoisotopic (exact) mass is 259 g/mol. The molecule has 3 rings (SSSR count). The first-order valence-electron chi connectivity index (χ1n) is 7.59. The molecule has 1 heterocycles. The summed E-state index contributed by atoms with van der Waals surface area (Å²) in [6.45, 7) is 4.58. The Bertz CT molecular complexity index is 462. The Balaban J connectivity index is 1.90. The van der Waals surface area contributed by atoms with Gasteiger partial charge >= 0.3 is 0 Å². The highest BCUT2D eigenvalue weighted by molar-refractivity contribution is 5.42. The Hall–Kier alpha value is -1.02. The van der Waals surface area contributed by atoms with Crippen molar-refractivity contribution in [3.8, 4) is 5.75 Å². The van der Waals surface area contributed by atoms with Crippen LogP contribution in [0.3, 0.4) is 0 Å². The quantitative estimate of drug-likeness (QED) is 0.890. The lowest BCUT2D eigenvalue weighted by Crippen LogP contribution is -2.32. The Morgan fingerprint density at radius 2 is 2.05 bits per heavy atom. The highest BCUT2D eigenvalue weighted by Gasteiger charge is 2.37. The fourth-order valence-corrected chi connectivity index (χ4v) is 4.01. The van der Waals surface area contributed by atoms with Crippen LogP contribution in [0.15, 0.2) is 18.2 Å². The molecule has 2 aliphatic rings. The van der Waals surface area contributed by atoms with Crippen LogP contribution in [0.1, 0.15) is 56.7 Å². The second kappa shape index (κ2) is 4.82. The fourth-order valence-electron chi connectivity index (χ4n) is 4.01. The van der Waals surface area contributed by atoms with Gasteiger partial charge in [0.15, 0.2) is 0 Å². The molecule has 0 aromatic heterocycles. The number of fused-ring (bicyclic) bond motifs is 1. The van der Waals surface area contributed by atoms with Gasteiger partial charge in [0.25, 0.3) is 0 Å². The molecule has 0 saturated heterocycles.